The summed E-state index contributed by atoms with van der Waals surface area (Å²) in [5.41, 5.74) is 8.57. The molecule has 2 heterocycles. The molecule has 9 rings (SSSR count). The highest BCUT2D eigenvalue weighted by Crippen LogP contribution is 2.68. The first-order valence-corrected chi connectivity index (χ1v) is 17.2. The van der Waals surface area contributed by atoms with Crippen LogP contribution in [-0.2, 0) is 0 Å². The monoisotopic (exact) mass is 567 g/mol. The molecule has 1 aliphatic rings. The molecule has 1 aliphatic heterocycles. The van der Waals surface area contributed by atoms with Gasteiger partial charge in [0.15, 0.2) is 0 Å². The number of benzene rings is 7. The first-order chi connectivity index (χ1) is 21.1. The lowest BCUT2D eigenvalue weighted by Gasteiger charge is -2.29. The minimum absolute atomic E-state index is 1.02. The van der Waals surface area contributed by atoms with E-state index < -0.39 is 10.0 Å². The highest BCUT2D eigenvalue weighted by Gasteiger charge is 2.33. The standard InChI is InChI=1S/C41H29NS/c1-43(2)38-21-10-8-16-29(38)33-24-34-35(25-39(33)43)40(30-19-11-14-26-12-3-5-15-28(26)30)31-17-6-7-18-32(31)41(34)37-23-22-27-13-4-9-20-36(27)42-37/h3-25H,1-2H3. The van der Waals surface area contributed by atoms with E-state index in [1.807, 2.05) is 0 Å². The van der Waals surface area contributed by atoms with Crippen molar-refractivity contribution in [2.24, 2.45) is 0 Å². The second-order valence-corrected chi connectivity index (χ2v) is 15.5. The first kappa shape index (κ1) is 24.7. The molecule has 0 spiro atoms. The van der Waals surface area contributed by atoms with Crippen LogP contribution in [0.2, 0.25) is 0 Å². The Bertz CT molecular complexity index is 2430. The summed E-state index contributed by atoms with van der Waals surface area (Å²) in [5, 5.41) is 8.76. The van der Waals surface area contributed by atoms with Gasteiger partial charge in [0.1, 0.15) is 0 Å². The van der Waals surface area contributed by atoms with Gasteiger partial charge in [-0.25, -0.2) is 4.98 Å². The van der Waals surface area contributed by atoms with Gasteiger partial charge in [-0.05, 0) is 97.4 Å². The Morgan fingerprint density at radius 1 is 0.419 bits per heavy atom. The Balaban J connectivity index is 1.50. The molecule has 0 unspecified atom stereocenters. The second-order valence-electron chi connectivity index (χ2n) is 11.9. The number of rotatable bonds is 2. The summed E-state index contributed by atoms with van der Waals surface area (Å²) in [6.07, 6.45) is 4.90. The van der Waals surface area contributed by atoms with Crippen LogP contribution < -0.4 is 0 Å². The summed E-state index contributed by atoms with van der Waals surface area (Å²) >= 11 is 0. The van der Waals surface area contributed by atoms with Crippen molar-refractivity contribution < 1.29 is 0 Å². The van der Waals surface area contributed by atoms with Gasteiger partial charge in [-0.15, -0.1) is 0 Å². The number of hydrogen-bond donors (Lipinski definition) is 0. The lowest BCUT2D eigenvalue weighted by Crippen LogP contribution is -1.96. The average Bonchev–Trinajstić information content (AvgIpc) is 3.28. The van der Waals surface area contributed by atoms with Gasteiger partial charge in [-0.2, -0.15) is 10.0 Å². The average molecular weight is 568 g/mol. The van der Waals surface area contributed by atoms with Crippen LogP contribution in [0.3, 0.4) is 0 Å². The van der Waals surface area contributed by atoms with Gasteiger partial charge < -0.3 is 0 Å². The Morgan fingerprint density at radius 2 is 1.05 bits per heavy atom. The molecule has 8 aromatic rings. The summed E-state index contributed by atoms with van der Waals surface area (Å²) in [6.45, 7) is 0. The normalized spacial score (nSPS) is 14.3. The number of pyridine rings is 1. The van der Waals surface area contributed by atoms with Gasteiger partial charge in [-0.3, -0.25) is 0 Å². The molecule has 0 atom stereocenters. The van der Waals surface area contributed by atoms with E-state index in [0.717, 1.165) is 16.6 Å². The van der Waals surface area contributed by atoms with Crippen LogP contribution in [0.5, 0.6) is 0 Å². The smallest absolute Gasteiger partial charge is 0.0722 e. The van der Waals surface area contributed by atoms with Gasteiger partial charge in [0.2, 0.25) is 0 Å². The van der Waals surface area contributed by atoms with Crippen LogP contribution in [0, 0.1) is 0 Å². The molecule has 43 heavy (non-hydrogen) atoms. The summed E-state index contributed by atoms with van der Waals surface area (Å²) in [4.78, 5) is 8.21. The zero-order chi connectivity index (χ0) is 28.7. The number of fused-ring (bicyclic) bond motifs is 7. The number of para-hydroxylation sites is 1. The van der Waals surface area contributed by atoms with E-state index in [9.17, 15) is 0 Å². The van der Waals surface area contributed by atoms with Crippen LogP contribution >= 0.6 is 10.0 Å². The van der Waals surface area contributed by atoms with Crippen LogP contribution in [0.25, 0.3) is 76.7 Å². The van der Waals surface area contributed by atoms with Crippen molar-refractivity contribution in [2.45, 2.75) is 9.79 Å². The van der Waals surface area contributed by atoms with E-state index in [1.54, 1.807) is 0 Å². The molecule has 2 heteroatoms. The van der Waals surface area contributed by atoms with E-state index >= 15 is 0 Å². The van der Waals surface area contributed by atoms with Crippen molar-refractivity contribution >= 4 is 53.2 Å². The fourth-order valence-corrected chi connectivity index (χ4v) is 9.82. The Kier molecular flexibility index (Phi) is 5.18. The molecule has 204 valence electrons. The first-order valence-electron chi connectivity index (χ1n) is 14.8. The summed E-state index contributed by atoms with van der Waals surface area (Å²) in [7, 11) is -1.17. The lowest BCUT2D eigenvalue weighted by molar-refractivity contribution is 1.41. The van der Waals surface area contributed by atoms with Crippen molar-refractivity contribution in [3.8, 4) is 33.5 Å². The van der Waals surface area contributed by atoms with Crippen molar-refractivity contribution in [1.82, 2.24) is 4.98 Å². The zero-order valence-corrected chi connectivity index (χ0v) is 25.0. The maximum Gasteiger partial charge on any atom is 0.0722 e. The molecule has 1 nitrogen and oxygen atoms in total. The maximum atomic E-state index is 5.27. The Labute approximate surface area is 252 Å². The van der Waals surface area contributed by atoms with Crippen LogP contribution in [0.4, 0.5) is 0 Å². The molecule has 0 radical (unpaired) electrons. The Hall–Kier alpha value is -4.92. The molecular formula is C41H29NS. The fraction of sp³-hybridized carbons (Fsp3) is 0.0488. The third-order valence-corrected chi connectivity index (χ3v) is 12.2. The van der Waals surface area contributed by atoms with E-state index in [1.165, 1.54) is 69.9 Å². The van der Waals surface area contributed by atoms with Gasteiger partial charge in [0.05, 0.1) is 11.2 Å². The summed E-state index contributed by atoms with van der Waals surface area (Å²) < 4.78 is 0. The Morgan fingerprint density at radius 3 is 1.91 bits per heavy atom. The lowest BCUT2D eigenvalue weighted by atomic mass is 9.84. The van der Waals surface area contributed by atoms with Crippen molar-refractivity contribution in [1.29, 1.82) is 0 Å². The van der Waals surface area contributed by atoms with Crippen molar-refractivity contribution in [3.63, 3.8) is 0 Å². The van der Waals surface area contributed by atoms with E-state index in [4.69, 9.17) is 4.98 Å². The molecule has 0 amide bonds. The highest BCUT2D eigenvalue weighted by atomic mass is 32.3. The number of nitrogens with zero attached hydrogens (tertiary/aromatic N) is 1. The minimum atomic E-state index is -1.17. The molecule has 1 aromatic heterocycles. The number of aromatic nitrogens is 1. The summed E-state index contributed by atoms with van der Waals surface area (Å²) in [6, 6.07) is 51.3. The molecule has 0 aliphatic carbocycles. The largest absolute Gasteiger partial charge is 0.248 e. The van der Waals surface area contributed by atoms with E-state index in [0.29, 0.717) is 0 Å². The predicted octanol–water partition coefficient (Wildman–Crippen LogP) is 11.5. The molecule has 0 saturated heterocycles. The second kappa shape index (κ2) is 9.04. The van der Waals surface area contributed by atoms with E-state index in [-0.39, 0.29) is 0 Å². The van der Waals surface area contributed by atoms with E-state index in [2.05, 4.69) is 152 Å². The molecule has 0 N–H and O–H groups in total. The third-order valence-electron chi connectivity index (χ3n) is 9.31. The van der Waals surface area contributed by atoms with Crippen molar-refractivity contribution in [3.05, 3.63) is 140 Å². The van der Waals surface area contributed by atoms with Crippen LogP contribution in [-0.4, -0.2) is 17.5 Å². The predicted molar refractivity (Wildman–Crippen MR) is 187 cm³/mol. The summed E-state index contributed by atoms with van der Waals surface area (Å²) in [5.74, 6) is 0. The van der Waals surface area contributed by atoms with Gasteiger partial charge in [-0.1, -0.05) is 109 Å². The molecule has 0 bridgehead atoms. The van der Waals surface area contributed by atoms with Crippen LogP contribution in [0.15, 0.2) is 149 Å². The molecular weight excluding hydrogens is 539 g/mol. The molecule has 0 fully saturated rings. The zero-order valence-electron chi connectivity index (χ0n) is 24.1. The SMILES string of the molecule is CS1(C)c2ccccc2-c2cc3c(-c4ccc5ccccc5n4)c4ccccc4c(-c4cccc5ccccc45)c3cc21. The number of hydrogen-bond acceptors (Lipinski definition) is 1. The van der Waals surface area contributed by atoms with Crippen molar-refractivity contribution in [2.75, 3.05) is 12.5 Å². The third kappa shape index (κ3) is 3.51. The highest BCUT2D eigenvalue weighted by molar-refractivity contribution is 8.33. The molecule has 7 aromatic carbocycles. The van der Waals surface area contributed by atoms with Crippen LogP contribution in [0.1, 0.15) is 0 Å². The molecule has 0 saturated carbocycles. The maximum absolute atomic E-state index is 5.27. The topological polar surface area (TPSA) is 12.9 Å². The fourth-order valence-electron chi connectivity index (χ4n) is 7.30. The quantitative estimate of drug-likeness (QED) is 0.189. The van der Waals surface area contributed by atoms with Gasteiger partial charge in [0.25, 0.3) is 0 Å². The van der Waals surface area contributed by atoms with Gasteiger partial charge >= 0.3 is 0 Å². The minimum Gasteiger partial charge on any atom is -0.248 e. The van der Waals surface area contributed by atoms with Gasteiger partial charge in [0, 0.05) is 20.7 Å².